The number of nitrogens with zero attached hydrogens (tertiary/aromatic N) is 1. The maximum atomic E-state index is 5.50. The van der Waals surface area contributed by atoms with E-state index in [1.165, 1.54) is 11.5 Å². The van der Waals surface area contributed by atoms with Crippen molar-refractivity contribution in [3.8, 4) is 0 Å². The van der Waals surface area contributed by atoms with E-state index in [0.29, 0.717) is 11.0 Å². The maximum Gasteiger partial charge on any atom is 0.0740 e. The first kappa shape index (κ1) is 14.2. The van der Waals surface area contributed by atoms with E-state index in [0.717, 1.165) is 19.5 Å². The fourth-order valence-electron chi connectivity index (χ4n) is 1.21. The van der Waals surface area contributed by atoms with Gasteiger partial charge in [0.15, 0.2) is 0 Å². The number of hydrogen-bond acceptors (Lipinski definition) is 3. The van der Waals surface area contributed by atoms with Crippen molar-refractivity contribution in [2.24, 2.45) is 5.73 Å². The third-order valence-corrected chi connectivity index (χ3v) is 3.19. The molecule has 0 saturated heterocycles. The first-order valence-corrected chi connectivity index (χ1v) is 6.74. The van der Waals surface area contributed by atoms with E-state index >= 15 is 0 Å². The van der Waals surface area contributed by atoms with Gasteiger partial charge in [0.25, 0.3) is 0 Å². The number of nitrogens with two attached hydrogens (primary N) is 1. The van der Waals surface area contributed by atoms with Crippen LogP contribution in [0.3, 0.4) is 0 Å². The van der Waals surface area contributed by atoms with Gasteiger partial charge < -0.3 is 5.73 Å². The third-order valence-electron chi connectivity index (χ3n) is 2.10. The molecule has 0 aliphatic carbocycles. The van der Waals surface area contributed by atoms with Crippen LogP contribution in [0.2, 0.25) is 0 Å². The Hall–Kier alpha value is 0.200. The molecule has 14 heavy (non-hydrogen) atoms. The van der Waals surface area contributed by atoms with Crippen LogP contribution in [0.15, 0.2) is 0 Å². The van der Waals surface area contributed by atoms with Crippen molar-refractivity contribution in [1.82, 2.24) is 4.90 Å². The summed E-state index contributed by atoms with van der Waals surface area (Å²) in [6, 6.07) is 0.585. The summed E-state index contributed by atoms with van der Waals surface area (Å²) in [6.07, 6.45) is 0.838. The van der Waals surface area contributed by atoms with Crippen LogP contribution >= 0.6 is 24.0 Å². The zero-order chi connectivity index (χ0) is 11.0. The van der Waals surface area contributed by atoms with E-state index in [1.807, 2.05) is 11.8 Å². The number of thiocarbonyl (C=S) groups is 1. The Kier molecular flexibility index (Phi) is 8.63. The van der Waals surface area contributed by atoms with Crippen LogP contribution < -0.4 is 5.73 Å². The first-order valence-electron chi connectivity index (χ1n) is 5.18. The molecule has 0 aliphatic rings. The van der Waals surface area contributed by atoms with E-state index in [4.69, 9.17) is 18.0 Å². The van der Waals surface area contributed by atoms with Crippen molar-refractivity contribution in [3.63, 3.8) is 0 Å². The molecular formula is C10H22N2S2. The fraction of sp³-hybridized carbons (Fsp3) is 0.900. The van der Waals surface area contributed by atoms with Gasteiger partial charge in [0.2, 0.25) is 0 Å². The molecule has 0 spiro atoms. The Balaban J connectivity index is 3.72. The van der Waals surface area contributed by atoms with Crippen LogP contribution in [0.5, 0.6) is 0 Å². The summed E-state index contributed by atoms with van der Waals surface area (Å²) >= 11 is 6.86. The number of hydrogen-bond donors (Lipinski definition) is 1. The molecule has 2 N–H and O–H groups in total. The molecule has 0 unspecified atom stereocenters. The Morgan fingerprint density at radius 3 is 2.50 bits per heavy atom. The molecule has 0 radical (unpaired) electrons. The van der Waals surface area contributed by atoms with Crippen LogP contribution in [0.1, 0.15) is 27.2 Å². The van der Waals surface area contributed by atoms with Crippen LogP contribution in [0.4, 0.5) is 0 Å². The highest BCUT2D eigenvalue weighted by atomic mass is 32.2. The Labute approximate surface area is 97.6 Å². The Bertz CT molecular complexity index is 160. The van der Waals surface area contributed by atoms with Gasteiger partial charge in [0, 0.05) is 31.3 Å². The summed E-state index contributed by atoms with van der Waals surface area (Å²) in [7, 11) is 0. The minimum absolute atomic E-state index is 0.585. The number of thioether (sulfide) groups is 1. The van der Waals surface area contributed by atoms with Gasteiger partial charge in [0.05, 0.1) is 4.99 Å². The summed E-state index contributed by atoms with van der Waals surface area (Å²) < 4.78 is 0. The quantitative estimate of drug-likeness (QED) is 0.515. The molecule has 0 aliphatic heterocycles. The zero-order valence-corrected chi connectivity index (χ0v) is 11.1. The Morgan fingerprint density at radius 2 is 2.07 bits per heavy atom. The second-order valence-electron chi connectivity index (χ2n) is 3.54. The fourth-order valence-corrected chi connectivity index (χ4v) is 1.95. The standard InChI is InChI=1S/C10H22N2S2/c1-4-14-8-7-12(9(2)3)6-5-10(11)13/h9H,4-8H2,1-3H3,(H2,11,13). The van der Waals surface area contributed by atoms with Gasteiger partial charge in [-0.2, -0.15) is 11.8 Å². The van der Waals surface area contributed by atoms with E-state index in [9.17, 15) is 0 Å². The van der Waals surface area contributed by atoms with Gasteiger partial charge in [-0.05, 0) is 19.6 Å². The number of rotatable bonds is 8. The molecule has 0 rings (SSSR count). The summed E-state index contributed by atoms with van der Waals surface area (Å²) in [5, 5.41) is 0. The Morgan fingerprint density at radius 1 is 1.43 bits per heavy atom. The predicted molar refractivity (Wildman–Crippen MR) is 71.1 cm³/mol. The second kappa shape index (κ2) is 8.50. The lowest BCUT2D eigenvalue weighted by Gasteiger charge is -2.25. The predicted octanol–water partition coefficient (Wildman–Crippen LogP) is 2.13. The lowest BCUT2D eigenvalue weighted by Crippen LogP contribution is -2.35. The van der Waals surface area contributed by atoms with Crippen LogP contribution in [0.25, 0.3) is 0 Å². The van der Waals surface area contributed by atoms with Gasteiger partial charge >= 0.3 is 0 Å². The van der Waals surface area contributed by atoms with Gasteiger partial charge in [-0.1, -0.05) is 19.1 Å². The molecule has 0 saturated carbocycles. The molecule has 84 valence electrons. The monoisotopic (exact) mass is 234 g/mol. The zero-order valence-electron chi connectivity index (χ0n) is 9.45. The molecule has 0 atom stereocenters. The maximum absolute atomic E-state index is 5.50. The van der Waals surface area contributed by atoms with E-state index in [1.54, 1.807) is 0 Å². The first-order chi connectivity index (χ1) is 6.57. The molecule has 0 bridgehead atoms. The van der Waals surface area contributed by atoms with Crippen LogP contribution in [-0.4, -0.2) is 40.5 Å². The van der Waals surface area contributed by atoms with Crippen molar-refractivity contribution in [2.45, 2.75) is 33.2 Å². The lowest BCUT2D eigenvalue weighted by atomic mass is 10.3. The average molecular weight is 234 g/mol. The smallest absolute Gasteiger partial charge is 0.0740 e. The molecular weight excluding hydrogens is 212 g/mol. The van der Waals surface area contributed by atoms with E-state index in [-0.39, 0.29) is 0 Å². The molecule has 0 aromatic carbocycles. The van der Waals surface area contributed by atoms with Crippen molar-refractivity contribution < 1.29 is 0 Å². The van der Waals surface area contributed by atoms with Gasteiger partial charge in [-0.15, -0.1) is 0 Å². The minimum atomic E-state index is 0.585. The van der Waals surface area contributed by atoms with Gasteiger partial charge in [0.1, 0.15) is 0 Å². The second-order valence-corrected chi connectivity index (χ2v) is 5.46. The third kappa shape index (κ3) is 7.59. The molecule has 4 heteroatoms. The summed E-state index contributed by atoms with van der Waals surface area (Å²) in [6.45, 7) is 8.77. The summed E-state index contributed by atoms with van der Waals surface area (Å²) in [5.74, 6) is 2.40. The van der Waals surface area contributed by atoms with E-state index < -0.39 is 0 Å². The van der Waals surface area contributed by atoms with Gasteiger partial charge in [-0.3, -0.25) is 4.90 Å². The molecule has 0 aromatic heterocycles. The van der Waals surface area contributed by atoms with Crippen molar-refractivity contribution in [3.05, 3.63) is 0 Å². The van der Waals surface area contributed by atoms with Gasteiger partial charge in [-0.25, -0.2) is 0 Å². The minimum Gasteiger partial charge on any atom is -0.393 e. The summed E-state index contributed by atoms with van der Waals surface area (Å²) in [4.78, 5) is 3.06. The van der Waals surface area contributed by atoms with Crippen molar-refractivity contribution >= 4 is 29.0 Å². The topological polar surface area (TPSA) is 29.3 Å². The van der Waals surface area contributed by atoms with E-state index in [2.05, 4.69) is 25.7 Å². The SMILES string of the molecule is CCSCCN(CCC(N)=S)C(C)C. The largest absolute Gasteiger partial charge is 0.393 e. The molecule has 0 amide bonds. The molecule has 0 aromatic rings. The highest BCUT2D eigenvalue weighted by molar-refractivity contribution is 7.99. The normalized spacial score (nSPS) is 11.2. The highest BCUT2D eigenvalue weighted by Gasteiger charge is 2.08. The highest BCUT2D eigenvalue weighted by Crippen LogP contribution is 2.04. The van der Waals surface area contributed by atoms with Crippen molar-refractivity contribution in [2.75, 3.05) is 24.6 Å². The average Bonchev–Trinajstić information content (AvgIpc) is 2.10. The molecule has 2 nitrogen and oxygen atoms in total. The summed E-state index contributed by atoms with van der Waals surface area (Å²) in [5.41, 5.74) is 5.50. The molecule has 0 heterocycles. The van der Waals surface area contributed by atoms with Crippen LogP contribution in [-0.2, 0) is 0 Å². The van der Waals surface area contributed by atoms with Crippen molar-refractivity contribution in [1.29, 1.82) is 0 Å². The molecule has 0 fully saturated rings. The van der Waals surface area contributed by atoms with Crippen LogP contribution in [0, 0.1) is 0 Å². The lowest BCUT2D eigenvalue weighted by molar-refractivity contribution is 0.243.